The molecule has 1 aliphatic rings. The van der Waals surface area contributed by atoms with Crippen LogP contribution in [0.25, 0.3) is 11.2 Å². The molecule has 0 fully saturated rings. The van der Waals surface area contributed by atoms with Crippen LogP contribution in [0.2, 0.25) is 0 Å². The predicted molar refractivity (Wildman–Crippen MR) is 104 cm³/mol. The van der Waals surface area contributed by atoms with Crippen molar-refractivity contribution in [2.24, 2.45) is 7.05 Å². The molecule has 8 nitrogen and oxygen atoms in total. The highest BCUT2D eigenvalue weighted by Gasteiger charge is 2.29. The number of aromatic nitrogens is 4. The molecular weight excluding hydrogens is 346 g/mol. The molecule has 0 spiro atoms. The number of nitrogens with zero attached hydrogens (tertiary/aromatic N) is 5. The monoisotopic (exact) mass is 369 g/mol. The van der Waals surface area contributed by atoms with Gasteiger partial charge in [0.05, 0.1) is 13.2 Å². The first-order valence-corrected chi connectivity index (χ1v) is 8.98. The van der Waals surface area contributed by atoms with Crippen LogP contribution < -0.4 is 16.1 Å². The van der Waals surface area contributed by atoms with E-state index in [1.165, 1.54) is 14.7 Å². The summed E-state index contributed by atoms with van der Waals surface area (Å²) in [5, 5.41) is 0. The lowest BCUT2D eigenvalue weighted by molar-refractivity contribution is 0.184. The van der Waals surface area contributed by atoms with Crippen LogP contribution in [-0.2, 0) is 24.9 Å². The number of aryl methyl sites for hydroxylation is 3. The average Bonchev–Trinajstić information content (AvgIpc) is 3.21. The highest BCUT2D eigenvalue weighted by atomic mass is 16.5. The lowest BCUT2D eigenvalue weighted by atomic mass is 10.1. The van der Waals surface area contributed by atoms with E-state index in [0.29, 0.717) is 30.3 Å². The molecule has 3 heterocycles. The van der Waals surface area contributed by atoms with E-state index >= 15 is 0 Å². The molecule has 0 N–H and O–H groups in total. The van der Waals surface area contributed by atoms with Gasteiger partial charge in [0, 0.05) is 32.9 Å². The van der Waals surface area contributed by atoms with Crippen molar-refractivity contribution in [3.8, 4) is 0 Å². The van der Waals surface area contributed by atoms with Crippen LogP contribution in [0.3, 0.4) is 0 Å². The maximum absolute atomic E-state index is 13.0. The molecule has 0 aliphatic carbocycles. The summed E-state index contributed by atoms with van der Waals surface area (Å²) in [5.41, 5.74) is 3.59. The fourth-order valence-electron chi connectivity index (χ4n) is 3.70. The number of methoxy groups -OCH3 is 1. The van der Waals surface area contributed by atoms with Crippen LogP contribution in [0.5, 0.6) is 0 Å². The third kappa shape index (κ3) is 2.59. The number of anilines is 2. The van der Waals surface area contributed by atoms with E-state index in [2.05, 4.69) is 41.9 Å². The number of hydrogen-bond donors (Lipinski definition) is 0. The van der Waals surface area contributed by atoms with Gasteiger partial charge < -0.3 is 14.2 Å². The Morgan fingerprint density at radius 1 is 1.19 bits per heavy atom. The van der Waals surface area contributed by atoms with Gasteiger partial charge in [0.1, 0.15) is 0 Å². The van der Waals surface area contributed by atoms with Crippen LogP contribution in [0.4, 0.5) is 11.6 Å². The second kappa shape index (κ2) is 6.38. The van der Waals surface area contributed by atoms with Crippen LogP contribution in [0.1, 0.15) is 11.1 Å². The van der Waals surface area contributed by atoms with E-state index < -0.39 is 0 Å². The molecule has 1 aliphatic heterocycles. The van der Waals surface area contributed by atoms with Crippen molar-refractivity contribution >= 4 is 22.8 Å². The van der Waals surface area contributed by atoms with Crippen LogP contribution in [-0.4, -0.2) is 38.9 Å². The number of benzene rings is 1. The average molecular weight is 369 g/mol. The molecule has 0 saturated heterocycles. The highest BCUT2D eigenvalue weighted by molar-refractivity contribution is 5.78. The molecular formula is C19H23N5O3. The molecule has 0 atom stereocenters. The third-order valence-electron chi connectivity index (χ3n) is 5.18. The second-order valence-corrected chi connectivity index (χ2v) is 6.97. The summed E-state index contributed by atoms with van der Waals surface area (Å²) >= 11 is 0. The Bertz CT molecular complexity index is 1150. The van der Waals surface area contributed by atoms with Crippen LogP contribution in [0.15, 0.2) is 27.8 Å². The van der Waals surface area contributed by atoms with Crippen molar-refractivity contribution in [1.29, 1.82) is 0 Å². The van der Waals surface area contributed by atoms with Gasteiger partial charge in [0.2, 0.25) is 5.95 Å². The Hall–Kier alpha value is -2.87. The first kappa shape index (κ1) is 17.5. The Labute approximate surface area is 156 Å². The van der Waals surface area contributed by atoms with E-state index in [0.717, 1.165) is 17.8 Å². The van der Waals surface area contributed by atoms with E-state index in [-0.39, 0.29) is 17.8 Å². The van der Waals surface area contributed by atoms with Crippen LogP contribution >= 0.6 is 0 Å². The smallest absolute Gasteiger partial charge is 0.332 e. The summed E-state index contributed by atoms with van der Waals surface area (Å²) in [5.74, 6) is 0.704. The fraction of sp³-hybridized carbons (Fsp3) is 0.421. The topological polar surface area (TPSA) is 74.3 Å². The summed E-state index contributed by atoms with van der Waals surface area (Å²) < 4.78 is 9.63. The maximum Gasteiger partial charge on any atom is 0.332 e. The summed E-state index contributed by atoms with van der Waals surface area (Å²) in [4.78, 5) is 32.4. The summed E-state index contributed by atoms with van der Waals surface area (Å²) in [6, 6.07) is 6.29. The normalized spacial score (nSPS) is 13.6. The van der Waals surface area contributed by atoms with Crippen molar-refractivity contribution in [3.63, 3.8) is 0 Å². The largest absolute Gasteiger partial charge is 0.383 e. The summed E-state index contributed by atoms with van der Waals surface area (Å²) in [6.45, 7) is 6.03. The van der Waals surface area contributed by atoms with Crippen molar-refractivity contribution in [2.45, 2.75) is 26.9 Å². The number of ether oxygens (including phenoxy) is 1. The number of fused-ring (bicyclic) bond motifs is 3. The minimum Gasteiger partial charge on any atom is -0.383 e. The molecule has 8 heteroatoms. The second-order valence-electron chi connectivity index (χ2n) is 6.97. The first-order chi connectivity index (χ1) is 12.9. The molecule has 0 saturated carbocycles. The molecule has 27 heavy (non-hydrogen) atoms. The number of rotatable bonds is 4. The Kier molecular flexibility index (Phi) is 4.15. The minimum atomic E-state index is -0.375. The predicted octanol–water partition coefficient (Wildman–Crippen LogP) is 1.31. The van der Waals surface area contributed by atoms with E-state index in [1.54, 1.807) is 14.2 Å². The van der Waals surface area contributed by atoms with Gasteiger partial charge in [-0.25, -0.2) is 4.79 Å². The van der Waals surface area contributed by atoms with Gasteiger partial charge >= 0.3 is 5.69 Å². The molecule has 2 aromatic heterocycles. The van der Waals surface area contributed by atoms with Crippen molar-refractivity contribution in [1.82, 2.24) is 18.7 Å². The molecule has 0 radical (unpaired) electrons. The van der Waals surface area contributed by atoms with Gasteiger partial charge in [-0.05, 0) is 31.0 Å². The van der Waals surface area contributed by atoms with Gasteiger partial charge in [-0.15, -0.1) is 0 Å². The van der Waals surface area contributed by atoms with Crippen molar-refractivity contribution in [2.75, 3.05) is 25.2 Å². The van der Waals surface area contributed by atoms with Gasteiger partial charge in [0.25, 0.3) is 5.56 Å². The standard InChI is InChI=1S/C19H23N5O3/c1-12-5-6-13(2)14(11-12)22-7-8-23-15-16(20-18(22)23)21(3)19(26)24(17(15)25)9-10-27-4/h5-6,11H,7-10H2,1-4H3. The van der Waals surface area contributed by atoms with E-state index in [9.17, 15) is 9.59 Å². The molecule has 0 unspecified atom stereocenters. The lowest BCUT2D eigenvalue weighted by Crippen LogP contribution is -2.40. The number of imidazole rings is 1. The van der Waals surface area contributed by atoms with Crippen molar-refractivity contribution in [3.05, 3.63) is 50.2 Å². The zero-order chi connectivity index (χ0) is 19.3. The molecule has 3 aromatic rings. The Morgan fingerprint density at radius 2 is 1.96 bits per heavy atom. The molecule has 0 bridgehead atoms. The molecule has 0 amide bonds. The number of hydrogen-bond acceptors (Lipinski definition) is 5. The van der Waals surface area contributed by atoms with Crippen molar-refractivity contribution < 1.29 is 4.74 Å². The zero-order valence-electron chi connectivity index (χ0n) is 16.0. The van der Waals surface area contributed by atoms with E-state index in [4.69, 9.17) is 4.74 Å². The van der Waals surface area contributed by atoms with Gasteiger partial charge in [-0.3, -0.25) is 13.9 Å². The Balaban J connectivity index is 1.94. The van der Waals surface area contributed by atoms with Crippen LogP contribution in [0, 0.1) is 13.8 Å². The zero-order valence-corrected chi connectivity index (χ0v) is 16.0. The molecule has 1 aromatic carbocycles. The van der Waals surface area contributed by atoms with Gasteiger partial charge in [-0.1, -0.05) is 12.1 Å². The summed E-state index contributed by atoms with van der Waals surface area (Å²) in [6.07, 6.45) is 0. The quantitative estimate of drug-likeness (QED) is 0.693. The molecule has 4 rings (SSSR count). The van der Waals surface area contributed by atoms with Gasteiger partial charge in [-0.2, -0.15) is 4.98 Å². The maximum atomic E-state index is 13.0. The minimum absolute atomic E-state index is 0.221. The first-order valence-electron chi connectivity index (χ1n) is 8.98. The lowest BCUT2D eigenvalue weighted by Gasteiger charge is -2.19. The van der Waals surface area contributed by atoms with Gasteiger partial charge in [0.15, 0.2) is 11.2 Å². The highest BCUT2D eigenvalue weighted by Crippen LogP contribution is 2.33. The SMILES string of the molecule is COCCn1c(=O)c2c(nc3n2CCN3c2cc(C)ccc2C)n(C)c1=O. The fourth-order valence-corrected chi connectivity index (χ4v) is 3.70. The molecule has 142 valence electrons. The third-order valence-corrected chi connectivity index (χ3v) is 5.18. The Morgan fingerprint density at radius 3 is 2.70 bits per heavy atom. The van der Waals surface area contributed by atoms with E-state index in [1.807, 2.05) is 4.57 Å². The summed E-state index contributed by atoms with van der Waals surface area (Å²) in [7, 11) is 3.20.